The van der Waals surface area contributed by atoms with Crippen molar-refractivity contribution in [3.63, 3.8) is 0 Å². The maximum Gasteiger partial charge on any atom is 0.316 e. The van der Waals surface area contributed by atoms with Crippen LogP contribution < -0.4 is 0 Å². The van der Waals surface area contributed by atoms with Gasteiger partial charge in [0.2, 0.25) is 0 Å². The molecule has 1 aromatic heterocycles. The number of carbonyl (C=O) groups is 2. The highest BCUT2D eigenvalue weighted by molar-refractivity contribution is 6.00. The van der Waals surface area contributed by atoms with Gasteiger partial charge in [-0.05, 0) is 97.7 Å². The number of pyridine rings is 1. The number of aromatic nitrogens is 1. The molecule has 1 aromatic carbocycles. The number of ether oxygens (including phenoxy) is 5. The quantitative estimate of drug-likeness (QED) is 0.275. The lowest BCUT2D eigenvalue weighted by atomic mass is 9.78. The number of Topliss-reactive ketones (excluding diaryl/α,β-unsaturated/α-hetero) is 1. The Morgan fingerprint density at radius 2 is 1.84 bits per heavy atom. The Labute approximate surface area is 333 Å². The first kappa shape index (κ1) is 43.9. The third kappa shape index (κ3) is 9.89. The van der Waals surface area contributed by atoms with E-state index in [0.717, 1.165) is 16.5 Å². The van der Waals surface area contributed by atoms with Crippen molar-refractivity contribution in [3.8, 4) is 0 Å². The second-order valence-corrected chi connectivity index (χ2v) is 17.0. The van der Waals surface area contributed by atoms with Crippen LogP contribution in [0.2, 0.25) is 0 Å². The summed E-state index contributed by atoms with van der Waals surface area (Å²) in [5.41, 5.74) is -0.868. The highest BCUT2D eigenvalue weighted by atomic mass is 16.7. The molecule has 2 bridgehead atoms. The summed E-state index contributed by atoms with van der Waals surface area (Å²) in [6.07, 6.45) is 5.56. The van der Waals surface area contributed by atoms with Gasteiger partial charge in [-0.25, -0.2) is 0 Å². The van der Waals surface area contributed by atoms with Gasteiger partial charge in [0.15, 0.2) is 12.1 Å². The standard InChI is InChI=1S/C44H65N3O9/c1-11-36-44(8,51)40-31(6)47(19-14-16-32-23-33-17-12-13-18-34(33)45-25-32)26-27(2)24-43(7,53-21-15-20-52-40)39(29(4)37(48)30(5)41(50)55-36)56-42-38(49)35(46(9)10)22-28(3)54-42/h12-18,20,23,25,27-31,35-36,38-40,42,49,51H,11,19,21-22,24,26H2,1-10H3/b16-14+,20-15+/t27-,28-,29+,30?,31-,35+,36-,38-,39-,40+,42+,43-,44-/m1/s1. The number of esters is 1. The van der Waals surface area contributed by atoms with Crippen LogP contribution in [0, 0.1) is 17.8 Å². The summed E-state index contributed by atoms with van der Waals surface area (Å²) in [5, 5.41) is 25.0. The van der Waals surface area contributed by atoms with Crippen LogP contribution in [0.5, 0.6) is 0 Å². The largest absolute Gasteiger partial charge is 0.493 e. The Bertz CT molecular complexity index is 1700. The fourth-order valence-corrected chi connectivity index (χ4v) is 8.96. The van der Waals surface area contributed by atoms with Gasteiger partial charge < -0.3 is 38.8 Å². The summed E-state index contributed by atoms with van der Waals surface area (Å²) in [6.45, 7) is 15.9. The molecule has 5 heterocycles. The molecule has 1 unspecified atom stereocenters. The van der Waals surface area contributed by atoms with Crippen LogP contribution in [0.3, 0.4) is 0 Å². The SMILES string of the molecule is CC[C@H]1OC(=O)C(C)C(=O)[C@H](C)[C@@H](O[C@@H]2O[C@H](C)C[C@H](N(C)C)[C@H]2O)[C@@]2(C)C[C@@H](C)CN(C/C=C/c3cnc4ccccc4c3)[C@H](C)[C@H](O/C=C/CO2)[C@]1(C)O. The molecule has 6 rings (SSSR count). The lowest BCUT2D eigenvalue weighted by Gasteiger charge is -2.47. The molecule has 2 saturated heterocycles. The van der Waals surface area contributed by atoms with Gasteiger partial charge in [0, 0.05) is 42.7 Å². The number of hydrogen-bond donors (Lipinski definition) is 2. The number of likely N-dealkylation sites (N-methyl/N-ethyl adjacent to an activating group) is 1. The molecule has 2 fully saturated rings. The molecule has 0 radical (unpaired) electrons. The minimum atomic E-state index is -1.66. The zero-order valence-corrected chi connectivity index (χ0v) is 35.0. The van der Waals surface area contributed by atoms with Crippen LogP contribution >= 0.6 is 0 Å². The third-order valence-electron chi connectivity index (χ3n) is 12.1. The second-order valence-electron chi connectivity index (χ2n) is 17.0. The maximum atomic E-state index is 14.4. The van der Waals surface area contributed by atoms with E-state index in [9.17, 15) is 19.8 Å². The van der Waals surface area contributed by atoms with Gasteiger partial charge in [-0.3, -0.25) is 19.5 Å². The van der Waals surface area contributed by atoms with E-state index in [1.165, 1.54) is 13.2 Å². The van der Waals surface area contributed by atoms with E-state index in [0.29, 0.717) is 25.9 Å². The van der Waals surface area contributed by atoms with Crippen LogP contribution in [0.25, 0.3) is 17.0 Å². The van der Waals surface area contributed by atoms with E-state index >= 15 is 0 Å². The van der Waals surface area contributed by atoms with E-state index in [-0.39, 0.29) is 37.1 Å². The number of hydrogen-bond acceptors (Lipinski definition) is 12. The molecular formula is C44H65N3O9. The highest BCUT2D eigenvalue weighted by Crippen LogP contribution is 2.38. The fraction of sp³-hybridized carbons (Fsp3) is 0.659. The first-order chi connectivity index (χ1) is 26.5. The molecular weight excluding hydrogens is 714 g/mol. The molecule has 12 nitrogen and oxygen atoms in total. The molecule has 0 saturated carbocycles. The van der Waals surface area contributed by atoms with Crippen LogP contribution in [0.1, 0.15) is 80.2 Å². The van der Waals surface area contributed by atoms with E-state index in [2.05, 4.69) is 29.0 Å². The normalized spacial score (nSPS) is 39.0. The van der Waals surface area contributed by atoms with Crippen molar-refractivity contribution in [2.75, 3.05) is 33.8 Å². The number of para-hydroxylation sites is 1. The third-order valence-corrected chi connectivity index (χ3v) is 12.1. The molecule has 13 atom stereocenters. The Morgan fingerprint density at radius 1 is 1.11 bits per heavy atom. The zero-order chi connectivity index (χ0) is 40.9. The topological polar surface area (TPSA) is 140 Å². The zero-order valence-electron chi connectivity index (χ0n) is 35.0. The number of aliphatic hydroxyl groups excluding tert-OH is 1. The molecule has 310 valence electrons. The Hall–Kier alpha value is -3.23. The molecule has 12 heteroatoms. The summed E-state index contributed by atoms with van der Waals surface area (Å²) in [4.78, 5) is 37.1. The second kappa shape index (κ2) is 18.6. The smallest absolute Gasteiger partial charge is 0.316 e. The van der Waals surface area contributed by atoms with Crippen LogP contribution in [-0.4, -0.2) is 131 Å². The van der Waals surface area contributed by atoms with E-state index < -0.39 is 65.5 Å². The predicted molar refractivity (Wildman–Crippen MR) is 215 cm³/mol. The van der Waals surface area contributed by atoms with Gasteiger partial charge in [-0.15, -0.1) is 0 Å². The predicted octanol–water partition coefficient (Wildman–Crippen LogP) is 5.39. The van der Waals surface area contributed by atoms with Crippen molar-refractivity contribution in [3.05, 3.63) is 60.5 Å². The first-order valence-electron chi connectivity index (χ1n) is 20.3. The maximum absolute atomic E-state index is 14.4. The molecule has 4 aliphatic rings. The Kier molecular flexibility index (Phi) is 14.6. The van der Waals surface area contributed by atoms with Gasteiger partial charge in [-0.1, -0.05) is 51.1 Å². The van der Waals surface area contributed by atoms with Crippen LogP contribution in [0.15, 0.2) is 54.9 Å². The molecule has 2 N–H and O–H groups in total. The highest BCUT2D eigenvalue weighted by Gasteiger charge is 2.51. The van der Waals surface area contributed by atoms with Crippen molar-refractivity contribution in [1.29, 1.82) is 0 Å². The van der Waals surface area contributed by atoms with Crippen molar-refractivity contribution >= 4 is 28.7 Å². The van der Waals surface area contributed by atoms with Gasteiger partial charge in [0.05, 0.1) is 36.2 Å². The van der Waals surface area contributed by atoms with E-state index in [1.807, 2.05) is 83.2 Å². The van der Waals surface area contributed by atoms with E-state index in [4.69, 9.17) is 23.7 Å². The molecule has 4 aliphatic heterocycles. The summed E-state index contributed by atoms with van der Waals surface area (Å²) < 4.78 is 32.2. The number of benzene rings is 1. The summed E-state index contributed by atoms with van der Waals surface area (Å²) in [7, 11) is 3.82. The van der Waals surface area contributed by atoms with Crippen molar-refractivity contribution in [2.45, 2.75) is 135 Å². The number of carbonyl (C=O) groups excluding carboxylic acids is 2. The Morgan fingerprint density at radius 3 is 2.55 bits per heavy atom. The van der Waals surface area contributed by atoms with Crippen LogP contribution in [-0.2, 0) is 33.3 Å². The fourth-order valence-electron chi connectivity index (χ4n) is 8.96. The molecule has 0 spiro atoms. The number of rotatable bonds is 7. The average Bonchev–Trinajstić information content (AvgIpc) is 3.15. The molecule has 56 heavy (non-hydrogen) atoms. The molecule has 0 amide bonds. The van der Waals surface area contributed by atoms with Crippen molar-refractivity contribution in [1.82, 2.24) is 14.8 Å². The monoisotopic (exact) mass is 779 g/mol. The van der Waals surface area contributed by atoms with Crippen LogP contribution in [0.4, 0.5) is 0 Å². The van der Waals surface area contributed by atoms with Crippen molar-refractivity contribution in [2.24, 2.45) is 17.8 Å². The van der Waals surface area contributed by atoms with Gasteiger partial charge >= 0.3 is 5.97 Å². The first-order valence-corrected chi connectivity index (χ1v) is 20.3. The number of nitrogens with zero attached hydrogens (tertiary/aromatic N) is 3. The van der Waals surface area contributed by atoms with Gasteiger partial charge in [0.1, 0.15) is 29.8 Å². The van der Waals surface area contributed by atoms with E-state index in [1.54, 1.807) is 19.9 Å². The average molecular weight is 780 g/mol. The van der Waals surface area contributed by atoms with Gasteiger partial charge in [-0.2, -0.15) is 0 Å². The minimum Gasteiger partial charge on any atom is -0.493 e. The summed E-state index contributed by atoms with van der Waals surface area (Å²) in [5.74, 6) is -3.22. The summed E-state index contributed by atoms with van der Waals surface area (Å²) >= 11 is 0. The molecule has 2 aromatic rings. The number of aliphatic hydroxyl groups is 2. The lowest BCUT2D eigenvalue weighted by molar-refractivity contribution is -0.297. The van der Waals surface area contributed by atoms with Crippen molar-refractivity contribution < 1.29 is 43.5 Å². The molecule has 0 aliphatic carbocycles. The summed E-state index contributed by atoms with van der Waals surface area (Å²) in [6, 6.07) is 9.48. The number of ketones is 1. The minimum absolute atomic E-state index is 0.0337. The lowest BCUT2D eigenvalue weighted by Crippen LogP contribution is -2.60. The number of fused-ring (bicyclic) bond motifs is 15. The Balaban J connectivity index is 1.58. The van der Waals surface area contributed by atoms with Gasteiger partial charge in [0.25, 0.3) is 0 Å².